The standard InChI is InChI=1S/C21H20F2N2O4/c1-13-11-17(19(26)12-28-20(27)18-5-4-10-24(18)3)14(2)25(13)15-6-8-16(9-7-15)29-21(22)23/h4-11,21H,12H2,1-3H3. The Labute approximate surface area is 166 Å². The Kier molecular flexibility index (Phi) is 5.81. The van der Waals surface area contributed by atoms with Crippen molar-refractivity contribution in [3.8, 4) is 11.4 Å². The Morgan fingerprint density at radius 3 is 2.38 bits per heavy atom. The van der Waals surface area contributed by atoms with Crippen molar-refractivity contribution in [3.63, 3.8) is 0 Å². The number of alkyl halides is 2. The zero-order chi connectivity index (χ0) is 21.1. The molecule has 0 amide bonds. The number of benzene rings is 1. The van der Waals surface area contributed by atoms with Crippen LogP contribution in [0.3, 0.4) is 0 Å². The van der Waals surface area contributed by atoms with Gasteiger partial charge in [-0.1, -0.05) is 0 Å². The van der Waals surface area contributed by atoms with Crippen molar-refractivity contribution < 1.29 is 27.8 Å². The maximum absolute atomic E-state index is 12.6. The van der Waals surface area contributed by atoms with Gasteiger partial charge in [-0.05, 0) is 56.3 Å². The van der Waals surface area contributed by atoms with Gasteiger partial charge in [0, 0.05) is 35.9 Å². The lowest BCUT2D eigenvalue weighted by atomic mass is 10.1. The van der Waals surface area contributed by atoms with Gasteiger partial charge in [-0.15, -0.1) is 0 Å². The first kappa shape index (κ1) is 20.3. The molecular formula is C21H20F2N2O4. The predicted octanol–water partition coefficient (Wildman–Crippen LogP) is 4.07. The number of carbonyl (C=O) groups excluding carboxylic acids is 2. The van der Waals surface area contributed by atoms with Crippen molar-refractivity contribution in [3.05, 3.63) is 71.3 Å². The zero-order valence-corrected chi connectivity index (χ0v) is 16.2. The van der Waals surface area contributed by atoms with E-state index in [-0.39, 0.29) is 18.1 Å². The lowest BCUT2D eigenvalue weighted by Gasteiger charge is -2.11. The Balaban J connectivity index is 1.75. The summed E-state index contributed by atoms with van der Waals surface area (Å²) in [7, 11) is 1.71. The minimum Gasteiger partial charge on any atom is -0.453 e. The topological polar surface area (TPSA) is 62.5 Å². The minimum atomic E-state index is -2.89. The molecule has 0 radical (unpaired) electrons. The summed E-state index contributed by atoms with van der Waals surface area (Å²) in [4.78, 5) is 24.7. The second-order valence-corrected chi connectivity index (χ2v) is 6.50. The van der Waals surface area contributed by atoms with Crippen molar-refractivity contribution in [2.45, 2.75) is 20.5 Å². The summed E-state index contributed by atoms with van der Waals surface area (Å²) in [5.74, 6) is -0.853. The van der Waals surface area contributed by atoms with Crippen LogP contribution in [0, 0.1) is 13.8 Å². The fraction of sp³-hybridized carbons (Fsp3) is 0.238. The third kappa shape index (κ3) is 4.37. The maximum atomic E-state index is 12.6. The number of hydrogen-bond acceptors (Lipinski definition) is 4. The molecule has 8 heteroatoms. The summed E-state index contributed by atoms with van der Waals surface area (Å²) in [5.41, 5.74) is 2.91. The van der Waals surface area contributed by atoms with E-state index in [4.69, 9.17) is 4.74 Å². The highest BCUT2D eigenvalue weighted by Crippen LogP contribution is 2.24. The van der Waals surface area contributed by atoms with Crippen molar-refractivity contribution >= 4 is 11.8 Å². The average Bonchev–Trinajstić information content (AvgIpc) is 3.23. The van der Waals surface area contributed by atoms with Crippen molar-refractivity contribution in [1.82, 2.24) is 9.13 Å². The predicted molar refractivity (Wildman–Crippen MR) is 102 cm³/mol. The van der Waals surface area contributed by atoms with E-state index in [1.54, 1.807) is 55.1 Å². The molecule has 0 fully saturated rings. The van der Waals surface area contributed by atoms with Gasteiger partial charge >= 0.3 is 12.6 Å². The van der Waals surface area contributed by atoms with Gasteiger partial charge in [0.05, 0.1) is 0 Å². The highest BCUT2D eigenvalue weighted by atomic mass is 19.3. The number of Topliss-reactive ketones (excluding diaryl/α,β-unsaturated/α-hetero) is 1. The third-order valence-corrected chi connectivity index (χ3v) is 4.54. The van der Waals surface area contributed by atoms with Crippen LogP contribution in [0.25, 0.3) is 5.69 Å². The number of nitrogens with zero attached hydrogens (tertiary/aromatic N) is 2. The molecule has 2 heterocycles. The van der Waals surface area contributed by atoms with Crippen LogP contribution in [0.15, 0.2) is 48.7 Å². The van der Waals surface area contributed by atoms with Crippen molar-refractivity contribution in [2.24, 2.45) is 7.05 Å². The smallest absolute Gasteiger partial charge is 0.387 e. The SMILES string of the molecule is Cc1cc(C(=O)COC(=O)c2cccn2C)c(C)n1-c1ccc(OC(F)F)cc1. The molecule has 0 saturated carbocycles. The molecule has 6 nitrogen and oxygen atoms in total. The van der Waals surface area contributed by atoms with E-state index in [9.17, 15) is 18.4 Å². The molecule has 3 aromatic rings. The van der Waals surface area contributed by atoms with Crippen LogP contribution in [0.1, 0.15) is 32.2 Å². The molecule has 0 aliphatic heterocycles. The normalized spacial score (nSPS) is 11.0. The molecular weight excluding hydrogens is 382 g/mol. The van der Waals surface area contributed by atoms with E-state index < -0.39 is 12.6 Å². The van der Waals surface area contributed by atoms with Crippen LogP contribution in [0.5, 0.6) is 5.75 Å². The van der Waals surface area contributed by atoms with Crippen LogP contribution < -0.4 is 4.74 Å². The number of carbonyl (C=O) groups is 2. The number of rotatable bonds is 7. The number of aryl methyl sites for hydroxylation is 2. The van der Waals surface area contributed by atoms with Crippen molar-refractivity contribution in [1.29, 1.82) is 0 Å². The van der Waals surface area contributed by atoms with Crippen LogP contribution in [0.2, 0.25) is 0 Å². The summed E-state index contributed by atoms with van der Waals surface area (Å²) >= 11 is 0. The summed E-state index contributed by atoms with van der Waals surface area (Å²) in [6, 6.07) is 11.1. The summed E-state index contributed by atoms with van der Waals surface area (Å²) in [6.45, 7) is 0.320. The van der Waals surface area contributed by atoms with E-state index in [1.165, 1.54) is 12.1 Å². The Morgan fingerprint density at radius 1 is 1.10 bits per heavy atom. The fourth-order valence-electron chi connectivity index (χ4n) is 3.18. The first-order valence-corrected chi connectivity index (χ1v) is 8.83. The minimum absolute atomic E-state index is 0.0510. The molecule has 3 rings (SSSR count). The number of hydrogen-bond donors (Lipinski definition) is 0. The lowest BCUT2D eigenvalue weighted by Crippen LogP contribution is -2.16. The van der Waals surface area contributed by atoms with E-state index >= 15 is 0 Å². The van der Waals surface area contributed by atoms with E-state index in [1.807, 2.05) is 11.5 Å². The van der Waals surface area contributed by atoms with Gasteiger partial charge in [0.1, 0.15) is 11.4 Å². The molecule has 0 aliphatic rings. The maximum Gasteiger partial charge on any atom is 0.387 e. The monoisotopic (exact) mass is 402 g/mol. The summed E-state index contributed by atoms with van der Waals surface area (Å²) in [6.07, 6.45) is 1.71. The fourth-order valence-corrected chi connectivity index (χ4v) is 3.18. The lowest BCUT2D eigenvalue weighted by molar-refractivity contribution is -0.0498. The largest absolute Gasteiger partial charge is 0.453 e. The molecule has 1 aromatic carbocycles. The van der Waals surface area contributed by atoms with Gasteiger partial charge in [-0.25, -0.2) is 4.79 Å². The zero-order valence-electron chi connectivity index (χ0n) is 16.2. The summed E-state index contributed by atoms with van der Waals surface area (Å²) in [5, 5.41) is 0. The van der Waals surface area contributed by atoms with Crippen LogP contribution in [0.4, 0.5) is 8.78 Å². The molecule has 29 heavy (non-hydrogen) atoms. The van der Waals surface area contributed by atoms with E-state index in [0.717, 1.165) is 5.69 Å². The molecule has 0 saturated heterocycles. The second-order valence-electron chi connectivity index (χ2n) is 6.50. The van der Waals surface area contributed by atoms with Crippen molar-refractivity contribution in [2.75, 3.05) is 6.61 Å². The Hall–Kier alpha value is -3.42. The molecule has 152 valence electrons. The number of aromatic nitrogens is 2. The highest BCUT2D eigenvalue weighted by Gasteiger charge is 2.19. The highest BCUT2D eigenvalue weighted by molar-refractivity contribution is 6.00. The Bertz CT molecular complexity index is 1040. The third-order valence-electron chi connectivity index (χ3n) is 4.54. The number of esters is 1. The first-order chi connectivity index (χ1) is 13.8. The van der Waals surface area contributed by atoms with Gasteiger partial charge in [0.25, 0.3) is 0 Å². The number of ether oxygens (including phenoxy) is 2. The van der Waals surface area contributed by atoms with Gasteiger partial charge < -0.3 is 18.6 Å². The first-order valence-electron chi connectivity index (χ1n) is 8.83. The van der Waals surface area contributed by atoms with Gasteiger partial charge in [-0.3, -0.25) is 4.79 Å². The van der Waals surface area contributed by atoms with Gasteiger partial charge in [0.2, 0.25) is 5.78 Å². The molecule has 0 aliphatic carbocycles. The van der Waals surface area contributed by atoms with E-state index in [2.05, 4.69) is 4.74 Å². The van der Waals surface area contributed by atoms with E-state index in [0.29, 0.717) is 22.6 Å². The van der Waals surface area contributed by atoms with Crippen LogP contribution in [-0.4, -0.2) is 34.1 Å². The van der Waals surface area contributed by atoms with Gasteiger partial charge in [0.15, 0.2) is 6.61 Å². The molecule has 2 aromatic heterocycles. The average molecular weight is 402 g/mol. The van der Waals surface area contributed by atoms with Gasteiger partial charge in [-0.2, -0.15) is 8.78 Å². The molecule has 0 unspecified atom stereocenters. The number of halogens is 2. The summed E-state index contributed by atoms with van der Waals surface area (Å²) < 4.78 is 37.5. The molecule has 0 bridgehead atoms. The molecule has 0 N–H and O–H groups in total. The van der Waals surface area contributed by atoms with Crippen LogP contribution in [-0.2, 0) is 11.8 Å². The number of ketones is 1. The molecule has 0 spiro atoms. The van der Waals surface area contributed by atoms with Crippen LogP contribution >= 0.6 is 0 Å². The second kappa shape index (κ2) is 8.30. The molecule has 0 atom stereocenters. The Morgan fingerprint density at radius 2 is 1.79 bits per heavy atom. The quantitative estimate of drug-likeness (QED) is 0.441.